The summed E-state index contributed by atoms with van der Waals surface area (Å²) in [4.78, 5) is 24.8. The summed E-state index contributed by atoms with van der Waals surface area (Å²) in [7, 11) is 1.93. The maximum atomic E-state index is 13.9. The number of benzene rings is 2. The standard InChI is InChI=1S/C24H24FN3O2/c1-13-21-19(27(2)30-13)12-20-23-17(9-10-28(20)24(21)29)22-16(7-4-8-18(22)26-23)14-5-3-6-15(25)11-14/h3-8,11,13,19-21,26H,9-10,12H2,1-2H3/t13-,19-,20-,21-/m0/s1. The molecule has 1 N–H and O–H groups in total. The van der Waals surface area contributed by atoms with E-state index in [9.17, 15) is 9.18 Å². The van der Waals surface area contributed by atoms with Gasteiger partial charge >= 0.3 is 0 Å². The largest absolute Gasteiger partial charge is 0.356 e. The number of carbonyl (C=O) groups is 1. The van der Waals surface area contributed by atoms with Crippen molar-refractivity contribution in [2.24, 2.45) is 5.92 Å². The van der Waals surface area contributed by atoms with E-state index in [1.54, 1.807) is 12.1 Å². The van der Waals surface area contributed by atoms with E-state index in [0.29, 0.717) is 6.54 Å². The Hall–Kier alpha value is -2.70. The Morgan fingerprint density at radius 3 is 2.87 bits per heavy atom. The van der Waals surface area contributed by atoms with E-state index >= 15 is 0 Å². The zero-order valence-corrected chi connectivity index (χ0v) is 17.1. The average molecular weight is 405 g/mol. The van der Waals surface area contributed by atoms with Crippen molar-refractivity contribution in [3.63, 3.8) is 0 Å². The smallest absolute Gasteiger partial charge is 0.230 e. The van der Waals surface area contributed by atoms with Crippen LogP contribution in [0, 0.1) is 11.7 Å². The number of nitrogens with one attached hydrogen (secondary N) is 1. The lowest BCUT2D eigenvalue weighted by Crippen LogP contribution is -2.54. The van der Waals surface area contributed by atoms with E-state index in [-0.39, 0.29) is 35.8 Å². The molecule has 3 aliphatic rings. The van der Waals surface area contributed by atoms with Gasteiger partial charge in [-0.25, -0.2) is 4.39 Å². The third kappa shape index (κ3) is 2.44. The number of nitrogens with zero attached hydrogens (tertiary/aromatic N) is 2. The zero-order valence-electron chi connectivity index (χ0n) is 17.1. The molecule has 154 valence electrons. The van der Waals surface area contributed by atoms with Crippen molar-refractivity contribution in [3.8, 4) is 11.1 Å². The number of piperidine rings is 1. The fraction of sp³-hybridized carbons (Fsp3) is 0.375. The van der Waals surface area contributed by atoms with Crippen LogP contribution in [0.5, 0.6) is 0 Å². The second-order valence-electron chi connectivity index (χ2n) is 8.74. The molecule has 2 fully saturated rings. The summed E-state index contributed by atoms with van der Waals surface area (Å²) >= 11 is 0. The van der Waals surface area contributed by atoms with Crippen LogP contribution in [0.2, 0.25) is 0 Å². The fourth-order valence-electron chi connectivity index (χ4n) is 5.86. The molecule has 0 radical (unpaired) electrons. The molecule has 0 bridgehead atoms. The first-order chi connectivity index (χ1) is 14.5. The summed E-state index contributed by atoms with van der Waals surface area (Å²) in [6.45, 7) is 2.70. The van der Waals surface area contributed by atoms with Crippen LogP contribution in [0.25, 0.3) is 22.0 Å². The molecular weight excluding hydrogens is 381 g/mol. The number of fused-ring (bicyclic) bond motifs is 6. The van der Waals surface area contributed by atoms with Crippen LogP contribution in [0.15, 0.2) is 42.5 Å². The van der Waals surface area contributed by atoms with E-state index in [4.69, 9.17) is 4.84 Å². The number of H-pyrrole nitrogens is 1. The van der Waals surface area contributed by atoms with Crippen LogP contribution in [0.3, 0.4) is 0 Å². The highest BCUT2D eigenvalue weighted by Crippen LogP contribution is 2.47. The van der Waals surface area contributed by atoms with Gasteiger partial charge in [0, 0.05) is 30.2 Å². The summed E-state index contributed by atoms with van der Waals surface area (Å²) in [5.41, 5.74) is 5.34. The molecule has 4 heterocycles. The van der Waals surface area contributed by atoms with Gasteiger partial charge in [-0.2, -0.15) is 5.06 Å². The Morgan fingerprint density at radius 1 is 1.20 bits per heavy atom. The molecule has 4 atom stereocenters. The maximum Gasteiger partial charge on any atom is 0.230 e. The second-order valence-corrected chi connectivity index (χ2v) is 8.74. The van der Waals surface area contributed by atoms with Crippen LogP contribution in [0.4, 0.5) is 4.39 Å². The number of aromatic nitrogens is 1. The van der Waals surface area contributed by atoms with Crippen LogP contribution in [-0.2, 0) is 16.1 Å². The number of carbonyl (C=O) groups excluding carboxylic acids is 1. The summed E-state index contributed by atoms with van der Waals surface area (Å²) in [6.07, 6.45) is 1.57. The van der Waals surface area contributed by atoms with E-state index in [2.05, 4.69) is 17.1 Å². The number of hydroxylamine groups is 2. The number of halogens is 1. The molecule has 0 spiro atoms. The third-order valence-corrected chi connectivity index (χ3v) is 7.16. The first-order valence-electron chi connectivity index (χ1n) is 10.6. The number of rotatable bonds is 1. The summed E-state index contributed by atoms with van der Waals surface area (Å²) in [5.74, 6) is -0.134. The average Bonchev–Trinajstić information content (AvgIpc) is 3.25. The van der Waals surface area contributed by atoms with Crippen molar-refractivity contribution in [2.45, 2.75) is 38.0 Å². The normalized spacial score (nSPS) is 28.5. The number of hydrogen-bond donors (Lipinski definition) is 1. The Bertz CT molecular complexity index is 1170. The van der Waals surface area contributed by atoms with Gasteiger partial charge in [0.05, 0.1) is 24.1 Å². The quantitative estimate of drug-likeness (QED) is 0.664. The summed E-state index contributed by atoms with van der Waals surface area (Å²) < 4.78 is 13.9. The molecule has 3 aromatic rings. The van der Waals surface area contributed by atoms with Crippen molar-refractivity contribution >= 4 is 16.8 Å². The Balaban J connectivity index is 1.49. The molecule has 6 rings (SSSR count). The highest BCUT2D eigenvalue weighted by Gasteiger charge is 2.53. The lowest BCUT2D eigenvalue weighted by atomic mass is 9.80. The second kappa shape index (κ2) is 6.40. The minimum atomic E-state index is -0.234. The van der Waals surface area contributed by atoms with Crippen LogP contribution >= 0.6 is 0 Å². The predicted octanol–water partition coefficient (Wildman–Crippen LogP) is 4.05. The number of aromatic amines is 1. The van der Waals surface area contributed by atoms with Crippen molar-refractivity contribution in [1.29, 1.82) is 0 Å². The van der Waals surface area contributed by atoms with Gasteiger partial charge < -0.3 is 9.88 Å². The minimum absolute atomic E-state index is 0.0200. The molecule has 0 aliphatic carbocycles. The van der Waals surface area contributed by atoms with Crippen LogP contribution < -0.4 is 0 Å². The van der Waals surface area contributed by atoms with Gasteiger partial charge in [-0.1, -0.05) is 24.3 Å². The summed E-state index contributed by atoms with van der Waals surface area (Å²) in [5, 5.41) is 3.02. The third-order valence-electron chi connectivity index (χ3n) is 7.16. The van der Waals surface area contributed by atoms with E-state index < -0.39 is 0 Å². The van der Waals surface area contributed by atoms with Gasteiger partial charge in [-0.3, -0.25) is 9.63 Å². The molecule has 1 amide bonds. The van der Waals surface area contributed by atoms with E-state index in [1.807, 2.05) is 36.1 Å². The van der Waals surface area contributed by atoms with Gasteiger partial charge in [-0.05, 0) is 54.7 Å². The van der Waals surface area contributed by atoms with Crippen LogP contribution in [0.1, 0.15) is 30.6 Å². The molecule has 1 aromatic heterocycles. The molecule has 3 aliphatic heterocycles. The van der Waals surface area contributed by atoms with Gasteiger partial charge in [0.1, 0.15) is 5.82 Å². The molecule has 5 nitrogen and oxygen atoms in total. The van der Waals surface area contributed by atoms with Crippen molar-refractivity contribution in [2.75, 3.05) is 13.6 Å². The van der Waals surface area contributed by atoms with Crippen molar-refractivity contribution in [1.82, 2.24) is 14.9 Å². The van der Waals surface area contributed by atoms with E-state index in [0.717, 1.165) is 40.6 Å². The highest BCUT2D eigenvalue weighted by atomic mass is 19.1. The van der Waals surface area contributed by atoms with E-state index in [1.165, 1.54) is 11.6 Å². The maximum absolute atomic E-state index is 13.9. The molecule has 30 heavy (non-hydrogen) atoms. The molecule has 2 saturated heterocycles. The predicted molar refractivity (Wildman–Crippen MR) is 112 cm³/mol. The first kappa shape index (κ1) is 18.1. The van der Waals surface area contributed by atoms with Gasteiger partial charge in [0.15, 0.2) is 0 Å². The lowest BCUT2D eigenvalue weighted by molar-refractivity contribution is -0.146. The molecule has 0 unspecified atom stereocenters. The number of amides is 1. The Kier molecular flexibility index (Phi) is 3.86. The topological polar surface area (TPSA) is 48.6 Å². The molecule has 0 saturated carbocycles. The first-order valence-corrected chi connectivity index (χ1v) is 10.6. The van der Waals surface area contributed by atoms with Gasteiger partial charge in [-0.15, -0.1) is 0 Å². The number of hydrogen-bond acceptors (Lipinski definition) is 3. The van der Waals surface area contributed by atoms with Crippen molar-refractivity contribution < 1.29 is 14.0 Å². The SMILES string of the molecule is C[C@@H]1ON(C)[C@H]2C[C@H]3c4[nH]c5cccc(-c6cccc(F)c6)c5c4CCN3C(=O)[C@@H]12. The molecule has 6 heteroatoms. The fourth-order valence-corrected chi connectivity index (χ4v) is 5.86. The van der Waals surface area contributed by atoms with Gasteiger partial charge in [0.2, 0.25) is 5.91 Å². The Morgan fingerprint density at radius 2 is 2.03 bits per heavy atom. The molecular formula is C24H24FN3O2. The zero-order chi connectivity index (χ0) is 20.6. The Labute approximate surface area is 174 Å². The lowest BCUT2D eigenvalue weighted by Gasteiger charge is -2.44. The molecule has 2 aromatic carbocycles. The monoisotopic (exact) mass is 405 g/mol. The van der Waals surface area contributed by atoms with Gasteiger partial charge in [0.25, 0.3) is 0 Å². The van der Waals surface area contributed by atoms with Crippen LogP contribution in [-0.4, -0.2) is 46.6 Å². The highest BCUT2D eigenvalue weighted by molar-refractivity contribution is 5.99. The summed E-state index contributed by atoms with van der Waals surface area (Å²) in [6, 6.07) is 13.0. The van der Waals surface area contributed by atoms with Crippen molar-refractivity contribution in [3.05, 3.63) is 59.5 Å². The minimum Gasteiger partial charge on any atom is -0.356 e.